The third-order valence-electron chi connectivity index (χ3n) is 4.07. The van der Waals surface area contributed by atoms with Gasteiger partial charge in [-0.1, -0.05) is 31.2 Å². The van der Waals surface area contributed by atoms with Gasteiger partial charge in [-0.2, -0.15) is 17.0 Å². The minimum Gasteiger partial charge on any atom is -0.326 e. The normalized spacial score (nSPS) is 20.9. The van der Waals surface area contributed by atoms with Gasteiger partial charge in [-0.15, -0.1) is 0 Å². The van der Waals surface area contributed by atoms with Crippen LogP contribution in [-0.4, -0.2) is 37.2 Å². The Morgan fingerprint density at radius 1 is 1.33 bits per heavy atom. The Hall–Kier alpha value is -0.950. The van der Waals surface area contributed by atoms with Crippen molar-refractivity contribution in [3.05, 3.63) is 35.4 Å². The Bertz CT molecular complexity index is 574. The quantitative estimate of drug-likeness (QED) is 0.897. The summed E-state index contributed by atoms with van der Waals surface area (Å²) in [4.78, 5) is 0. The molecule has 1 atom stereocenters. The number of rotatable bonds is 5. The van der Waals surface area contributed by atoms with Gasteiger partial charge in [-0.3, -0.25) is 0 Å². The van der Waals surface area contributed by atoms with Crippen LogP contribution >= 0.6 is 0 Å². The van der Waals surface area contributed by atoms with E-state index in [0.717, 1.165) is 24.0 Å². The van der Waals surface area contributed by atoms with Crippen molar-refractivity contribution in [2.24, 2.45) is 11.7 Å². The molecule has 1 fully saturated rings. The highest BCUT2D eigenvalue weighted by Crippen LogP contribution is 2.21. The first kappa shape index (κ1) is 16.4. The van der Waals surface area contributed by atoms with Crippen LogP contribution in [0.15, 0.2) is 24.3 Å². The molecule has 118 valence electrons. The number of benzene rings is 1. The molecule has 1 aromatic carbocycles. The van der Waals surface area contributed by atoms with Crippen LogP contribution in [0.5, 0.6) is 0 Å². The van der Waals surface area contributed by atoms with Gasteiger partial charge in [0.05, 0.1) is 0 Å². The molecule has 1 aliphatic rings. The van der Waals surface area contributed by atoms with E-state index in [-0.39, 0.29) is 0 Å². The van der Waals surface area contributed by atoms with E-state index in [1.165, 1.54) is 4.31 Å². The topological polar surface area (TPSA) is 66.6 Å². The van der Waals surface area contributed by atoms with Gasteiger partial charge in [-0.25, -0.2) is 0 Å². The third kappa shape index (κ3) is 3.83. The van der Waals surface area contributed by atoms with Crippen molar-refractivity contribution in [3.8, 4) is 0 Å². The van der Waals surface area contributed by atoms with Crippen molar-refractivity contribution >= 4 is 10.2 Å². The Morgan fingerprint density at radius 3 is 2.62 bits per heavy atom. The van der Waals surface area contributed by atoms with Gasteiger partial charge >= 0.3 is 0 Å². The molecule has 0 aliphatic carbocycles. The van der Waals surface area contributed by atoms with Crippen LogP contribution in [0.1, 0.15) is 30.9 Å². The fourth-order valence-corrected chi connectivity index (χ4v) is 4.28. The summed E-state index contributed by atoms with van der Waals surface area (Å²) in [6, 6.07) is 7.72. The summed E-state index contributed by atoms with van der Waals surface area (Å²) in [5.74, 6) is 0.429. The summed E-state index contributed by atoms with van der Waals surface area (Å²) in [6.07, 6.45) is 2.04. The van der Waals surface area contributed by atoms with Crippen LogP contribution in [-0.2, 0) is 23.3 Å². The van der Waals surface area contributed by atoms with Gasteiger partial charge in [-0.05, 0) is 29.9 Å². The first-order valence-electron chi connectivity index (χ1n) is 7.43. The van der Waals surface area contributed by atoms with E-state index >= 15 is 0 Å². The zero-order chi connectivity index (χ0) is 15.5. The van der Waals surface area contributed by atoms with E-state index in [1.807, 2.05) is 24.3 Å². The van der Waals surface area contributed by atoms with E-state index in [2.05, 4.69) is 6.92 Å². The molecule has 1 heterocycles. The van der Waals surface area contributed by atoms with Gasteiger partial charge < -0.3 is 5.73 Å². The minimum atomic E-state index is -3.39. The van der Waals surface area contributed by atoms with Crippen molar-refractivity contribution in [3.63, 3.8) is 0 Å². The van der Waals surface area contributed by atoms with Crippen molar-refractivity contribution in [1.29, 1.82) is 0 Å². The van der Waals surface area contributed by atoms with Crippen LogP contribution in [0.2, 0.25) is 0 Å². The first-order chi connectivity index (χ1) is 9.95. The molecule has 0 amide bonds. The van der Waals surface area contributed by atoms with Gasteiger partial charge in [0.15, 0.2) is 0 Å². The second-order valence-corrected chi connectivity index (χ2v) is 7.88. The summed E-state index contributed by atoms with van der Waals surface area (Å²) >= 11 is 0. The molecule has 1 aromatic rings. The fraction of sp³-hybridized carbons (Fsp3) is 0.600. The lowest BCUT2D eigenvalue weighted by molar-refractivity contribution is 0.263. The highest BCUT2D eigenvalue weighted by atomic mass is 32.2. The molecule has 2 N–H and O–H groups in total. The predicted octanol–water partition coefficient (Wildman–Crippen LogP) is 1.55. The summed E-state index contributed by atoms with van der Waals surface area (Å²) < 4.78 is 28.3. The zero-order valence-electron chi connectivity index (χ0n) is 12.8. The van der Waals surface area contributed by atoms with Crippen molar-refractivity contribution in [2.45, 2.75) is 32.9 Å². The molecule has 0 saturated carbocycles. The largest absolute Gasteiger partial charge is 0.326 e. The SMILES string of the molecule is CC1CCCN(S(=O)(=O)N(C)Cc2ccccc2CN)C1. The molecular formula is C15H25N3O2S. The molecule has 1 saturated heterocycles. The fourth-order valence-electron chi connectivity index (χ4n) is 2.79. The highest BCUT2D eigenvalue weighted by molar-refractivity contribution is 7.86. The van der Waals surface area contributed by atoms with Crippen molar-refractivity contribution in [1.82, 2.24) is 8.61 Å². The maximum absolute atomic E-state index is 12.7. The van der Waals surface area contributed by atoms with E-state index in [1.54, 1.807) is 11.4 Å². The van der Waals surface area contributed by atoms with Gasteiger partial charge in [0.1, 0.15) is 0 Å². The molecule has 1 unspecified atom stereocenters. The second kappa shape index (κ2) is 6.87. The number of hydrogen-bond donors (Lipinski definition) is 1. The van der Waals surface area contributed by atoms with Crippen LogP contribution in [0.3, 0.4) is 0 Å². The first-order valence-corrected chi connectivity index (χ1v) is 8.83. The van der Waals surface area contributed by atoms with Crippen LogP contribution in [0.4, 0.5) is 0 Å². The molecule has 21 heavy (non-hydrogen) atoms. The molecule has 1 aliphatic heterocycles. The van der Waals surface area contributed by atoms with Crippen LogP contribution in [0, 0.1) is 5.92 Å². The average molecular weight is 311 g/mol. The Labute approximate surface area is 127 Å². The van der Waals surface area contributed by atoms with Crippen molar-refractivity contribution in [2.75, 3.05) is 20.1 Å². The predicted molar refractivity (Wildman–Crippen MR) is 84.7 cm³/mol. The maximum atomic E-state index is 12.7. The molecule has 0 radical (unpaired) electrons. The summed E-state index contributed by atoms with van der Waals surface area (Å²) in [5, 5.41) is 0. The molecule has 0 bridgehead atoms. The van der Waals surface area contributed by atoms with Crippen molar-refractivity contribution < 1.29 is 8.42 Å². The Balaban J connectivity index is 2.13. The van der Waals surface area contributed by atoms with E-state index in [4.69, 9.17) is 5.73 Å². The lowest BCUT2D eigenvalue weighted by atomic mass is 10.0. The van der Waals surface area contributed by atoms with Gasteiger partial charge in [0, 0.05) is 33.2 Å². The lowest BCUT2D eigenvalue weighted by Gasteiger charge is -2.33. The van der Waals surface area contributed by atoms with Crippen LogP contribution < -0.4 is 5.73 Å². The number of piperidine rings is 1. The van der Waals surface area contributed by atoms with E-state index < -0.39 is 10.2 Å². The Kier molecular flexibility index (Phi) is 5.37. The Morgan fingerprint density at radius 2 is 2.00 bits per heavy atom. The lowest BCUT2D eigenvalue weighted by Crippen LogP contribution is -2.46. The van der Waals surface area contributed by atoms with Gasteiger partial charge in [0.25, 0.3) is 10.2 Å². The summed E-state index contributed by atoms with van der Waals surface area (Å²) in [5.41, 5.74) is 7.68. The summed E-state index contributed by atoms with van der Waals surface area (Å²) in [6.45, 7) is 4.12. The number of nitrogens with two attached hydrogens (primary N) is 1. The summed E-state index contributed by atoms with van der Waals surface area (Å²) in [7, 11) is -1.75. The smallest absolute Gasteiger partial charge is 0.282 e. The van der Waals surface area contributed by atoms with E-state index in [0.29, 0.717) is 32.1 Å². The van der Waals surface area contributed by atoms with Crippen LogP contribution in [0.25, 0.3) is 0 Å². The van der Waals surface area contributed by atoms with Gasteiger partial charge in [0.2, 0.25) is 0 Å². The number of nitrogens with zero attached hydrogens (tertiary/aromatic N) is 2. The maximum Gasteiger partial charge on any atom is 0.282 e. The zero-order valence-corrected chi connectivity index (χ0v) is 13.6. The average Bonchev–Trinajstić information content (AvgIpc) is 2.47. The molecule has 0 spiro atoms. The molecule has 6 heteroatoms. The minimum absolute atomic E-state index is 0.362. The second-order valence-electron chi connectivity index (χ2n) is 5.84. The number of hydrogen-bond acceptors (Lipinski definition) is 3. The molecule has 2 rings (SSSR count). The monoisotopic (exact) mass is 311 g/mol. The third-order valence-corrected chi connectivity index (χ3v) is 5.97. The van der Waals surface area contributed by atoms with E-state index in [9.17, 15) is 8.42 Å². The molecular weight excluding hydrogens is 286 g/mol. The molecule has 0 aromatic heterocycles. The molecule has 5 nitrogen and oxygen atoms in total. The highest BCUT2D eigenvalue weighted by Gasteiger charge is 2.30. The standard InChI is InChI=1S/C15H25N3O2S/c1-13-6-5-9-18(11-13)21(19,20)17(2)12-15-8-4-3-7-14(15)10-16/h3-4,7-8,13H,5-6,9-12,16H2,1-2H3.